The van der Waals surface area contributed by atoms with Crippen LogP contribution in [0.3, 0.4) is 0 Å². The first-order valence-electron chi connectivity index (χ1n) is 5.39. The van der Waals surface area contributed by atoms with E-state index in [9.17, 15) is 0 Å². The second kappa shape index (κ2) is 4.52. The van der Waals surface area contributed by atoms with Crippen molar-refractivity contribution < 1.29 is 0 Å². The molecule has 0 bridgehead atoms. The van der Waals surface area contributed by atoms with E-state index in [2.05, 4.69) is 27.0 Å². The SMILES string of the molecule is Clc1cccc(C#Cc2n[nH]c3ncccc23)c1. The zero-order chi connectivity index (χ0) is 12.4. The summed E-state index contributed by atoms with van der Waals surface area (Å²) in [7, 11) is 0. The summed E-state index contributed by atoms with van der Waals surface area (Å²) < 4.78 is 0. The summed E-state index contributed by atoms with van der Waals surface area (Å²) in [6.07, 6.45) is 1.72. The third kappa shape index (κ3) is 2.06. The van der Waals surface area contributed by atoms with E-state index in [1.54, 1.807) is 6.20 Å². The molecule has 0 unspecified atom stereocenters. The summed E-state index contributed by atoms with van der Waals surface area (Å²) in [4.78, 5) is 4.16. The van der Waals surface area contributed by atoms with Crippen molar-refractivity contribution in [3.63, 3.8) is 0 Å². The van der Waals surface area contributed by atoms with Crippen LogP contribution in [-0.4, -0.2) is 15.2 Å². The lowest BCUT2D eigenvalue weighted by Crippen LogP contribution is -1.77. The summed E-state index contributed by atoms with van der Waals surface area (Å²) in [6.45, 7) is 0. The van der Waals surface area contributed by atoms with Crippen molar-refractivity contribution in [2.45, 2.75) is 0 Å². The van der Waals surface area contributed by atoms with Crippen molar-refractivity contribution in [2.24, 2.45) is 0 Å². The number of hydrogen-bond donors (Lipinski definition) is 1. The van der Waals surface area contributed by atoms with Gasteiger partial charge < -0.3 is 0 Å². The number of halogens is 1. The number of aromatic nitrogens is 3. The van der Waals surface area contributed by atoms with Crippen LogP contribution >= 0.6 is 11.6 Å². The van der Waals surface area contributed by atoms with E-state index < -0.39 is 0 Å². The average molecular weight is 254 g/mol. The summed E-state index contributed by atoms with van der Waals surface area (Å²) in [6, 6.07) is 11.2. The van der Waals surface area contributed by atoms with Crippen LogP contribution in [0.2, 0.25) is 5.02 Å². The Kier molecular flexibility index (Phi) is 2.71. The number of pyridine rings is 1. The molecule has 4 heteroatoms. The third-order valence-electron chi connectivity index (χ3n) is 2.49. The summed E-state index contributed by atoms with van der Waals surface area (Å²) in [5, 5.41) is 8.58. The Hall–Kier alpha value is -2.31. The van der Waals surface area contributed by atoms with Gasteiger partial charge in [0, 0.05) is 16.8 Å². The number of aromatic amines is 1. The Bertz CT molecular complexity index is 765. The van der Waals surface area contributed by atoms with Gasteiger partial charge in [-0.2, -0.15) is 5.10 Å². The van der Waals surface area contributed by atoms with Crippen LogP contribution in [0.15, 0.2) is 42.6 Å². The van der Waals surface area contributed by atoms with Crippen LogP contribution in [0.5, 0.6) is 0 Å². The second-order valence-electron chi connectivity index (χ2n) is 3.73. The predicted molar refractivity (Wildman–Crippen MR) is 71.3 cm³/mol. The first-order chi connectivity index (χ1) is 8.83. The molecule has 0 saturated carbocycles. The van der Waals surface area contributed by atoms with Crippen LogP contribution in [0.1, 0.15) is 11.3 Å². The van der Waals surface area contributed by atoms with E-state index in [1.165, 1.54) is 0 Å². The molecule has 1 N–H and O–H groups in total. The van der Waals surface area contributed by atoms with Crippen molar-refractivity contribution in [2.75, 3.05) is 0 Å². The van der Waals surface area contributed by atoms with Crippen molar-refractivity contribution in [1.29, 1.82) is 0 Å². The molecule has 18 heavy (non-hydrogen) atoms. The second-order valence-corrected chi connectivity index (χ2v) is 4.17. The quantitative estimate of drug-likeness (QED) is 0.626. The summed E-state index contributed by atoms with van der Waals surface area (Å²) >= 11 is 5.90. The van der Waals surface area contributed by atoms with Crippen LogP contribution in [0.25, 0.3) is 11.0 Å². The van der Waals surface area contributed by atoms with Gasteiger partial charge in [0.15, 0.2) is 5.65 Å². The van der Waals surface area contributed by atoms with E-state index in [0.717, 1.165) is 16.6 Å². The van der Waals surface area contributed by atoms with Crippen molar-refractivity contribution in [1.82, 2.24) is 15.2 Å². The molecule has 3 rings (SSSR count). The van der Waals surface area contributed by atoms with Crippen LogP contribution in [0.4, 0.5) is 0 Å². The van der Waals surface area contributed by atoms with Gasteiger partial charge >= 0.3 is 0 Å². The number of nitrogens with one attached hydrogen (secondary N) is 1. The Balaban J connectivity index is 2.03. The van der Waals surface area contributed by atoms with E-state index in [0.29, 0.717) is 10.7 Å². The number of rotatable bonds is 0. The molecule has 0 fully saturated rings. The van der Waals surface area contributed by atoms with E-state index in [1.807, 2.05) is 36.4 Å². The fourth-order valence-corrected chi connectivity index (χ4v) is 1.84. The normalized spacial score (nSPS) is 10.1. The standard InChI is InChI=1S/C14H8ClN3/c15-11-4-1-3-10(9-11)6-7-13-12-5-2-8-16-14(12)18-17-13/h1-5,8-9H,(H,16,17,18). The van der Waals surface area contributed by atoms with Gasteiger partial charge in [-0.25, -0.2) is 4.98 Å². The van der Waals surface area contributed by atoms with Gasteiger partial charge in [0.2, 0.25) is 0 Å². The Morgan fingerprint density at radius 2 is 2.06 bits per heavy atom. The van der Waals surface area contributed by atoms with Gasteiger partial charge in [-0.1, -0.05) is 23.6 Å². The number of fused-ring (bicyclic) bond motifs is 1. The highest BCUT2D eigenvalue weighted by atomic mass is 35.5. The Morgan fingerprint density at radius 3 is 2.94 bits per heavy atom. The molecular weight excluding hydrogens is 246 g/mol. The van der Waals surface area contributed by atoms with Crippen molar-refractivity contribution in [3.8, 4) is 11.8 Å². The van der Waals surface area contributed by atoms with Gasteiger partial charge in [0.25, 0.3) is 0 Å². The predicted octanol–water partition coefficient (Wildman–Crippen LogP) is 3.01. The molecule has 0 atom stereocenters. The minimum atomic E-state index is 0.676. The number of H-pyrrole nitrogens is 1. The Morgan fingerprint density at radius 1 is 1.11 bits per heavy atom. The highest BCUT2D eigenvalue weighted by molar-refractivity contribution is 6.30. The molecule has 0 amide bonds. The molecule has 0 aliphatic rings. The lowest BCUT2D eigenvalue weighted by molar-refractivity contribution is 1.08. The van der Waals surface area contributed by atoms with E-state index in [4.69, 9.17) is 11.6 Å². The molecular formula is C14H8ClN3. The molecule has 0 saturated heterocycles. The first-order valence-corrected chi connectivity index (χ1v) is 5.77. The van der Waals surface area contributed by atoms with Crippen molar-refractivity contribution >= 4 is 22.6 Å². The molecule has 3 nitrogen and oxygen atoms in total. The number of benzene rings is 1. The topological polar surface area (TPSA) is 41.6 Å². The third-order valence-corrected chi connectivity index (χ3v) is 2.72. The lowest BCUT2D eigenvalue weighted by atomic mass is 10.2. The maximum Gasteiger partial charge on any atom is 0.156 e. The molecule has 2 aromatic heterocycles. The monoisotopic (exact) mass is 253 g/mol. The fraction of sp³-hybridized carbons (Fsp3) is 0. The van der Waals surface area contributed by atoms with Gasteiger partial charge in [-0.05, 0) is 36.3 Å². The zero-order valence-corrected chi connectivity index (χ0v) is 10.1. The fourth-order valence-electron chi connectivity index (χ4n) is 1.65. The van der Waals surface area contributed by atoms with E-state index in [-0.39, 0.29) is 0 Å². The zero-order valence-electron chi connectivity index (χ0n) is 9.31. The van der Waals surface area contributed by atoms with Crippen LogP contribution in [-0.2, 0) is 0 Å². The number of nitrogens with zero attached hydrogens (tertiary/aromatic N) is 2. The highest BCUT2D eigenvalue weighted by Gasteiger charge is 2.01. The average Bonchev–Trinajstić information content (AvgIpc) is 2.80. The van der Waals surface area contributed by atoms with Gasteiger partial charge in [-0.15, -0.1) is 0 Å². The molecule has 0 aliphatic heterocycles. The largest absolute Gasteiger partial charge is 0.260 e. The maximum atomic E-state index is 5.90. The van der Waals surface area contributed by atoms with Gasteiger partial charge in [-0.3, -0.25) is 5.10 Å². The smallest absolute Gasteiger partial charge is 0.156 e. The minimum absolute atomic E-state index is 0.676. The number of hydrogen-bond acceptors (Lipinski definition) is 2. The van der Waals surface area contributed by atoms with Crippen molar-refractivity contribution in [3.05, 3.63) is 58.9 Å². The molecule has 0 radical (unpaired) electrons. The molecule has 3 aromatic rings. The first kappa shape index (κ1) is 10.8. The maximum absolute atomic E-state index is 5.90. The van der Waals surface area contributed by atoms with E-state index >= 15 is 0 Å². The lowest BCUT2D eigenvalue weighted by Gasteiger charge is -1.90. The summed E-state index contributed by atoms with van der Waals surface area (Å²) in [5.41, 5.74) is 2.30. The molecule has 2 heterocycles. The minimum Gasteiger partial charge on any atom is -0.260 e. The summed E-state index contributed by atoms with van der Waals surface area (Å²) in [5.74, 6) is 6.06. The van der Waals surface area contributed by atoms with Crippen LogP contribution < -0.4 is 0 Å². The Labute approximate surface area is 109 Å². The highest BCUT2D eigenvalue weighted by Crippen LogP contribution is 2.12. The molecule has 0 aliphatic carbocycles. The molecule has 1 aromatic carbocycles. The molecule has 86 valence electrons. The van der Waals surface area contributed by atoms with Crippen LogP contribution in [0, 0.1) is 11.8 Å². The van der Waals surface area contributed by atoms with Gasteiger partial charge in [0.05, 0.1) is 5.39 Å². The van der Waals surface area contributed by atoms with Gasteiger partial charge in [0.1, 0.15) is 5.69 Å². The molecule has 0 spiro atoms.